The molecule has 29 heavy (non-hydrogen) atoms. The van der Waals surface area contributed by atoms with E-state index >= 15 is 0 Å². The summed E-state index contributed by atoms with van der Waals surface area (Å²) in [6.45, 7) is 1.79. The van der Waals surface area contributed by atoms with Crippen LogP contribution in [0.3, 0.4) is 0 Å². The molecule has 0 atom stereocenters. The molecule has 0 radical (unpaired) electrons. The summed E-state index contributed by atoms with van der Waals surface area (Å²) in [6, 6.07) is 10.8. The van der Waals surface area contributed by atoms with E-state index < -0.39 is 21.7 Å². The van der Waals surface area contributed by atoms with Crippen molar-refractivity contribution in [1.82, 2.24) is 4.72 Å². The standard InChI is InChI=1S/C19H21N3O5S.ClH/c1-12(10-18(24)25)14-4-2-13(3-5-14)8-9-22-28(26,27)17-11-15(19(20)21)6-7-16(17)23;/h2-7,10-11,22-23H,8-9H2,1H3,(H3,20,21)(H,24,25);1H/b12-10-;. The van der Waals surface area contributed by atoms with E-state index in [1.54, 1.807) is 31.2 Å². The first-order valence-electron chi connectivity index (χ1n) is 8.28. The Bertz CT molecular complexity index is 1030. The maximum absolute atomic E-state index is 12.4. The molecule has 0 bridgehead atoms. The number of allylic oxidation sites excluding steroid dienone is 1. The van der Waals surface area contributed by atoms with Gasteiger partial charge in [-0.05, 0) is 48.2 Å². The van der Waals surface area contributed by atoms with Crippen molar-refractivity contribution in [2.75, 3.05) is 6.54 Å². The number of amidine groups is 1. The molecule has 0 spiro atoms. The van der Waals surface area contributed by atoms with Crippen molar-refractivity contribution in [3.8, 4) is 5.75 Å². The number of aliphatic carboxylic acids is 1. The lowest BCUT2D eigenvalue weighted by Crippen LogP contribution is -2.26. The first-order valence-corrected chi connectivity index (χ1v) is 9.76. The predicted octanol–water partition coefficient (Wildman–Crippen LogP) is 2.11. The Morgan fingerprint density at radius 3 is 2.31 bits per heavy atom. The minimum absolute atomic E-state index is 0. The molecule has 0 aliphatic carbocycles. The van der Waals surface area contributed by atoms with Gasteiger partial charge in [0.25, 0.3) is 0 Å². The van der Waals surface area contributed by atoms with Gasteiger partial charge < -0.3 is 15.9 Å². The molecule has 6 N–H and O–H groups in total. The normalized spacial score (nSPS) is 11.6. The number of nitrogens with two attached hydrogens (primary N) is 1. The van der Waals surface area contributed by atoms with E-state index in [4.69, 9.17) is 16.2 Å². The second kappa shape index (κ2) is 10.1. The minimum Gasteiger partial charge on any atom is -0.507 e. The maximum atomic E-state index is 12.4. The monoisotopic (exact) mass is 439 g/mol. The molecule has 10 heteroatoms. The van der Waals surface area contributed by atoms with Crippen LogP contribution < -0.4 is 10.5 Å². The van der Waals surface area contributed by atoms with Crippen LogP contribution in [0.4, 0.5) is 0 Å². The number of rotatable bonds is 8. The molecule has 0 saturated carbocycles. The van der Waals surface area contributed by atoms with E-state index in [0.29, 0.717) is 12.0 Å². The minimum atomic E-state index is -3.98. The topological polar surface area (TPSA) is 154 Å². The third-order valence-electron chi connectivity index (χ3n) is 4.02. The van der Waals surface area contributed by atoms with Crippen LogP contribution in [0.2, 0.25) is 0 Å². The highest BCUT2D eigenvalue weighted by Crippen LogP contribution is 2.23. The molecular formula is C19H22ClN3O5S. The molecule has 0 aliphatic rings. The number of halogens is 1. The van der Waals surface area contributed by atoms with Crippen LogP contribution in [0.15, 0.2) is 53.4 Å². The fourth-order valence-electron chi connectivity index (χ4n) is 2.51. The Labute approximate surface area is 175 Å². The SMILES string of the molecule is C/C(=C/C(=O)O)c1ccc(CCNS(=O)(=O)c2cc(C(=N)N)ccc2O)cc1.Cl. The van der Waals surface area contributed by atoms with Crippen LogP contribution in [-0.2, 0) is 21.2 Å². The third-order valence-corrected chi connectivity index (χ3v) is 5.51. The lowest BCUT2D eigenvalue weighted by molar-refractivity contribution is -0.131. The summed E-state index contributed by atoms with van der Waals surface area (Å²) in [5.41, 5.74) is 7.79. The first-order chi connectivity index (χ1) is 13.1. The molecule has 0 heterocycles. The largest absolute Gasteiger partial charge is 0.507 e. The van der Waals surface area contributed by atoms with Gasteiger partial charge in [0.1, 0.15) is 16.5 Å². The van der Waals surface area contributed by atoms with Gasteiger partial charge in [0.2, 0.25) is 10.0 Å². The summed E-state index contributed by atoms with van der Waals surface area (Å²) >= 11 is 0. The van der Waals surface area contributed by atoms with Crippen LogP contribution >= 0.6 is 12.4 Å². The molecule has 0 unspecified atom stereocenters. The van der Waals surface area contributed by atoms with Crippen molar-refractivity contribution < 1.29 is 23.4 Å². The molecule has 0 amide bonds. The number of sulfonamides is 1. The van der Waals surface area contributed by atoms with Crippen molar-refractivity contribution in [2.45, 2.75) is 18.2 Å². The molecule has 2 aromatic rings. The summed E-state index contributed by atoms with van der Waals surface area (Å²) in [4.78, 5) is 10.4. The van der Waals surface area contributed by atoms with E-state index in [0.717, 1.165) is 23.3 Å². The molecule has 2 aromatic carbocycles. The van der Waals surface area contributed by atoms with Gasteiger partial charge in [-0.25, -0.2) is 17.9 Å². The van der Waals surface area contributed by atoms with Crippen LogP contribution in [-0.4, -0.2) is 37.0 Å². The quantitative estimate of drug-likeness (QED) is 0.241. The Morgan fingerprint density at radius 1 is 1.17 bits per heavy atom. The lowest BCUT2D eigenvalue weighted by atomic mass is 10.0. The van der Waals surface area contributed by atoms with Gasteiger partial charge in [0.05, 0.1) is 0 Å². The second-order valence-electron chi connectivity index (χ2n) is 6.11. The van der Waals surface area contributed by atoms with Gasteiger partial charge in [-0.2, -0.15) is 0 Å². The van der Waals surface area contributed by atoms with Gasteiger partial charge >= 0.3 is 5.97 Å². The molecule has 0 saturated heterocycles. The third kappa shape index (κ3) is 6.60. The number of aromatic hydroxyl groups is 1. The lowest BCUT2D eigenvalue weighted by Gasteiger charge is -2.10. The molecule has 156 valence electrons. The molecular weight excluding hydrogens is 418 g/mol. The summed E-state index contributed by atoms with van der Waals surface area (Å²) in [5.74, 6) is -1.75. The number of nitrogen functional groups attached to an aromatic ring is 1. The van der Waals surface area contributed by atoms with Crippen molar-refractivity contribution in [3.63, 3.8) is 0 Å². The zero-order chi connectivity index (χ0) is 20.9. The van der Waals surface area contributed by atoms with Gasteiger partial charge in [-0.3, -0.25) is 5.41 Å². The zero-order valence-electron chi connectivity index (χ0n) is 15.5. The van der Waals surface area contributed by atoms with Gasteiger partial charge in [0, 0.05) is 18.2 Å². The van der Waals surface area contributed by atoms with E-state index in [1.807, 2.05) is 0 Å². The Hall–Kier alpha value is -2.88. The van der Waals surface area contributed by atoms with E-state index in [-0.39, 0.29) is 35.2 Å². The number of phenols is 1. The van der Waals surface area contributed by atoms with Crippen molar-refractivity contribution in [1.29, 1.82) is 5.41 Å². The number of carboxylic acids is 1. The summed E-state index contributed by atoms with van der Waals surface area (Å²) in [7, 11) is -3.98. The maximum Gasteiger partial charge on any atom is 0.328 e. The van der Waals surface area contributed by atoms with Gasteiger partial charge in [-0.15, -0.1) is 12.4 Å². The summed E-state index contributed by atoms with van der Waals surface area (Å²) in [6.07, 6.45) is 1.51. The number of carboxylic acid groups (broad SMARTS) is 1. The number of hydrogen-bond donors (Lipinski definition) is 5. The second-order valence-corrected chi connectivity index (χ2v) is 7.84. The molecule has 0 aromatic heterocycles. The van der Waals surface area contributed by atoms with Crippen LogP contribution in [0.1, 0.15) is 23.6 Å². The first kappa shape index (κ1) is 24.2. The number of benzene rings is 2. The van der Waals surface area contributed by atoms with E-state index in [9.17, 15) is 18.3 Å². The highest BCUT2D eigenvalue weighted by molar-refractivity contribution is 7.89. The number of phenolic OH excluding ortho intramolecular Hbond substituents is 1. The van der Waals surface area contributed by atoms with Gasteiger partial charge in [0.15, 0.2) is 0 Å². The predicted molar refractivity (Wildman–Crippen MR) is 113 cm³/mol. The Kier molecular flexibility index (Phi) is 8.38. The Balaban J connectivity index is 0.00000420. The highest BCUT2D eigenvalue weighted by atomic mass is 35.5. The van der Waals surface area contributed by atoms with Crippen molar-refractivity contribution in [2.24, 2.45) is 5.73 Å². The van der Waals surface area contributed by atoms with Crippen LogP contribution in [0, 0.1) is 5.41 Å². The fraction of sp³-hybridized carbons (Fsp3) is 0.158. The van der Waals surface area contributed by atoms with Crippen LogP contribution in [0.25, 0.3) is 5.57 Å². The highest BCUT2D eigenvalue weighted by Gasteiger charge is 2.19. The van der Waals surface area contributed by atoms with Crippen molar-refractivity contribution >= 4 is 39.8 Å². The smallest absolute Gasteiger partial charge is 0.328 e. The van der Waals surface area contributed by atoms with Crippen molar-refractivity contribution in [3.05, 3.63) is 65.2 Å². The molecule has 8 nitrogen and oxygen atoms in total. The van der Waals surface area contributed by atoms with Gasteiger partial charge in [-0.1, -0.05) is 24.3 Å². The number of nitrogens with one attached hydrogen (secondary N) is 2. The fourth-order valence-corrected chi connectivity index (χ4v) is 3.66. The van der Waals surface area contributed by atoms with Crippen LogP contribution in [0.5, 0.6) is 5.75 Å². The summed E-state index contributed by atoms with van der Waals surface area (Å²) < 4.78 is 27.2. The average Bonchev–Trinajstić information content (AvgIpc) is 2.61. The molecule has 2 rings (SSSR count). The Morgan fingerprint density at radius 2 is 1.76 bits per heavy atom. The number of hydrogen-bond acceptors (Lipinski definition) is 5. The molecule has 0 fully saturated rings. The van der Waals surface area contributed by atoms with E-state index in [1.165, 1.54) is 12.1 Å². The average molecular weight is 440 g/mol. The summed E-state index contributed by atoms with van der Waals surface area (Å²) in [5, 5.41) is 26.0. The van der Waals surface area contributed by atoms with E-state index in [2.05, 4.69) is 4.72 Å². The zero-order valence-corrected chi connectivity index (χ0v) is 17.2. The number of carbonyl (C=O) groups is 1. The molecule has 0 aliphatic heterocycles.